The molecule has 0 radical (unpaired) electrons. The topological polar surface area (TPSA) is 18.5 Å². The smallest absolute Gasteiger partial charge is 0.304 e. The second-order valence-corrected chi connectivity index (χ2v) is 5.04. The van der Waals surface area contributed by atoms with Crippen molar-refractivity contribution in [1.29, 1.82) is 0 Å². The van der Waals surface area contributed by atoms with Crippen molar-refractivity contribution in [2.24, 2.45) is 11.8 Å². The maximum absolute atomic E-state index is 4.99. The predicted molar refractivity (Wildman–Crippen MR) is 64.0 cm³/mol. The monoisotopic (exact) mass is 218 g/mol. The lowest BCUT2D eigenvalue weighted by atomic mass is 10.0. The molecule has 0 bridgehead atoms. The van der Waals surface area contributed by atoms with Gasteiger partial charge in [-0.3, -0.25) is 0 Å². The Morgan fingerprint density at radius 3 is 1.64 bits per heavy atom. The van der Waals surface area contributed by atoms with Crippen LogP contribution in [0.5, 0.6) is 0 Å². The molecule has 14 heavy (non-hydrogen) atoms. The molecular weight excluding hydrogens is 192 g/mol. The Hall–Kier alpha value is 0.137. The van der Waals surface area contributed by atoms with Crippen LogP contribution < -0.4 is 0 Å². The van der Waals surface area contributed by atoms with Crippen LogP contribution in [0.1, 0.15) is 47.0 Å². The van der Waals surface area contributed by atoms with Crippen LogP contribution in [0.15, 0.2) is 0 Å². The number of hydrogen-bond acceptors (Lipinski definition) is 2. The van der Waals surface area contributed by atoms with Gasteiger partial charge in [0, 0.05) is 13.2 Å². The molecule has 0 amide bonds. The van der Waals surface area contributed by atoms with E-state index in [-0.39, 0.29) is 0 Å². The molecular formula is C11H26O2Si. The molecule has 2 unspecified atom stereocenters. The minimum atomic E-state index is -0.589. The van der Waals surface area contributed by atoms with E-state index in [4.69, 9.17) is 8.85 Å². The molecule has 0 aliphatic heterocycles. The first-order valence-electron chi connectivity index (χ1n) is 5.87. The zero-order valence-corrected chi connectivity index (χ0v) is 11.6. The minimum Gasteiger partial charge on any atom is -0.399 e. The highest BCUT2D eigenvalue weighted by Crippen LogP contribution is 2.29. The van der Waals surface area contributed by atoms with Gasteiger partial charge in [0.05, 0.1) is 0 Å². The molecule has 1 rings (SSSR count). The summed E-state index contributed by atoms with van der Waals surface area (Å²) < 4.78 is 9.98. The van der Waals surface area contributed by atoms with Crippen molar-refractivity contribution in [1.82, 2.24) is 0 Å². The third-order valence-electron chi connectivity index (χ3n) is 2.87. The van der Waals surface area contributed by atoms with Crippen molar-refractivity contribution in [2.75, 3.05) is 13.2 Å². The summed E-state index contributed by atoms with van der Waals surface area (Å²) in [5, 5.41) is 0. The van der Waals surface area contributed by atoms with Gasteiger partial charge in [0.1, 0.15) is 0 Å². The summed E-state index contributed by atoms with van der Waals surface area (Å²) in [4.78, 5) is 0. The van der Waals surface area contributed by atoms with Gasteiger partial charge < -0.3 is 8.85 Å². The van der Waals surface area contributed by atoms with Gasteiger partial charge in [0.15, 0.2) is 0 Å². The van der Waals surface area contributed by atoms with Crippen LogP contribution in [-0.4, -0.2) is 23.2 Å². The highest BCUT2D eigenvalue weighted by atomic mass is 28.3. The Bertz CT molecular complexity index is 108. The lowest BCUT2D eigenvalue weighted by Gasteiger charge is -2.05. The third kappa shape index (κ3) is 7.53. The van der Waals surface area contributed by atoms with Crippen molar-refractivity contribution in [3.8, 4) is 0 Å². The van der Waals surface area contributed by atoms with Gasteiger partial charge in [-0.1, -0.05) is 33.1 Å². The maximum Gasteiger partial charge on any atom is 0.304 e. The quantitative estimate of drug-likeness (QED) is 0.533. The van der Waals surface area contributed by atoms with Gasteiger partial charge >= 0.3 is 10.0 Å². The minimum absolute atomic E-state index is 0.589. The van der Waals surface area contributed by atoms with E-state index >= 15 is 0 Å². The molecule has 0 spiro atoms. The molecule has 0 aromatic carbocycles. The summed E-state index contributed by atoms with van der Waals surface area (Å²) in [5.74, 6) is 2.03. The fourth-order valence-corrected chi connectivity index (χ4v) is 2.01. The van der Waals surface area contributed by atoms with E-state index in [9.17, 15) is 0 Å². The highest BCUT2D eigenvalue weighted by molar-refractivity contribution is 6.17. The summed E-state index contributed by atoms with van der Waals surface area (Å²) in [6.45, 7) is 10.3. The molecule has 0 heterocycles. The number of hydrogen-bond donors (Lipinski definition) is 0. The summed E-state index contributed by atoms with van der Waals surface area (Å²) in [6.07, 6.45) is 4.42. The SMILES string of the molecule is CC1CCCC1C.CCO[SiH2]OCC. The summed E-state index contributed by atoms with van der Waals surface area (Å²) in [7, 11) is -0.589. The van der Waals surface area contributed by atoms with E-state index in [1.165, 1.54) is 19.3 Å². The van der Waals surface area contributed by atoms with Crippen molar-refractivity contribution in [2.45, 2.75) is 47.0 Å². The Morgan fingerprint density at radius 1 is 1.00 bits per heavy atom. The predicted octanol–water partition coefficient (Wildman–Crippen LogP) is 2.50. The standard InChI is InChI=1S/C7H14.C4H12O2Si/c1-6-4-3-5-7(6)2;1-3-5-7-6-4-2/h6-7H,3-5H2,1-2H3;3-4,7H2,1-2H3. The zero-order valence-electron chi connectivity index (χ0n) is 10.2. The molecule has 0 saturated heterocycles. The van der Waals surface area contributed by atoms with Crippen LogP contribution in [0, 0.1) is 11.8 Å². The van der Waals surface area contributed by atoms with Crippen LogP contribution >= 0.6 is 0 Å². The number of rotatable bonds is 4. The van der Waals surface area contributed by atoms with Gasteiger partial charge in [-0.2, -0.15) is 0 Å². The normalized spacial score (nSPS) is 25.7. The Labute approximate surface area is 91.4 Å². The maximum atomic E-state index is 4.99. The molecule has 1 saturated carbocycles. The molecule has 1 aliphatic rings. The molecule has 0 aromatic heterocycles. The lowest BCUT2D eigenvalue weighted by molar-refractivity contribution is 0.240. The summed E-state index contributed by atoms with van der Waals surface area (Å²) >= 11 is 0. The third-order valence-corrected chi connectivity index (χ3v) is 4.02. The highest BCUT2D eigenvalue weighted by Gasteiger charge is 2.17. The van der Waals surface area contributed by atoms with Gasteiger partial charge in [0.2, 0.25) is 0 Å². The molecule has 0 N–H and O–H groups in total. The lowest BCUT2D eigenvalue weighted by Crippen LogP contribution is -2.02. The van der Waals surface area contributed by atoms with E-state index in [2.05, 4.69) is 13.8 Å². The molecule has 86 valence electrons. The van der Waals surface area contributed by atoms with E-state index in [0.717, 1.165) is 25.0 Å². The van der Waals surface area contributed by atoms with Gasteiger partial charge in [-0.25, -0.2) is 0 Å². The van der Waals surface area contributed by atoms with Gasteiger partial charge in [-0.15, -0.1) is 0 Å². The summed E-state index contributed by atoms with van der Waals surface area (Å²) in [5.41, 5.74) is 0. The van der Waals surface area contributed by atoms with Crippen molar-refractivity contribution >= 4 is 10.0 Å². The van der Waals surface area contributed by atoms with E-state index in [1.54, 1.807) is 0 Å². The molecule has 0 aromatic rings. The average Bonchev–Trinajstić information content (AvgIpc) is 2.53. The molecule has 1 aliphatic carbocycles. The molecule has 3 heteroatoms. The average molecular weight is 218 g/mol. The van der Waals surface area contributed by atoms with Crippen LogP contribution in [0.4, 0.5) is 0 Å². The van der Waals surface area contributed by atoms with E-state index in [0.29, 0.717) is 0 Å². The second-order valence-electron chi connectivity index (χ2n) is 3.99. The van der Waals surface area contributed by atoms with Crippen molar-refractivity contribution < 1.29 is 8.85 Å². The van der Waals surface area contributed by atoms with E-state index < -0.39 is 10.0 Å². The zero-order chi connectivity index (χ0) is 10.8. The van der Waals surface area contributed by atoms with Crippen LogP contribution in [0.2, 0.25) is 0 Å². The fraction of sp³-hybridized carbons (Fsp3) is 1.00. The van der Waals surface area contributed by atoms with Gasteiger partial charge in [0.25, 0.3) is 0 Å². The Kier molecular flexibility index (Phi) is 9.78. The largest absolute Gasteiger partial charge is 0.399 e. The fourth-order valence-electron chi connectivity index (χ4n) is 1.56. The molecule has 2 atom stereocenters. The molecule has 1 fully saturated rings. The first kappa shape index (κ1) is 14.1. The van der Waals surface area contributed by atoms with Crippen LogP contribution in [0.25, 0.3) is 0 Å². The van der Waals surface area contributed by atoms with Crippen molar-refractivity contribution in [3.63, 3.8) is 0 Å². The van der Waals surface area contributed by atoms with Crippen LogP contribution in [-0.2, 0) is 8.85 Å². The Morgan fingerprint density at radius 2 is 1.43 bits per heavy atom. The first-order valence-corrected chi connectivity index (χ1v) is 7.03. The van der Waals surface area contributed by atoms with Gasteiger partial charge in [-0.05, 0) is 25.7 Å². The van der Waals surface area contributed by atoms with Crippen LogP contribution in [0.3, 0.4) is 0 Å². The Balaban J connectivity index is 0.000000241. The second kappa shape index (κ2) is 9.68. The summed E-state index contributed by atoms with van der Waals surface area (Å²) in [6, 6.07) is 0. The molecule has 2 nitrogen and oxygen atoms in total. The van der Waals surface area contributed by atoms with Crippen molar-refractivity contribution in [3.05, 3.63) is 0 Å². The first-order chi connectivity index (χ1) is 6.72. The van der Waals surface area contributed by atoms with E-state index in [1.807, 2.05) is 13.8 Å².